The zero-order chi connectivity index (χ0) is 15.3. The fourth-order valence-corrected chi connectivity index (χ4v) is 6.04. The molecule has 0 aromatic heterocycles. The van der Waals surface area contributed by atoms with Crippen LogP contribution in [0, 0.1) is 34.5 Å². The summed E-state index contributed by atoms with van der Waals surface area (Å²) in [6, 6.07) is 0. The van der Waals surface area contributed by atoms with E-state index in [-0.39, 0.29) is 5.41 Å². The number of fused-ring (bicyclic) bond motifs is 3. The minimum absolute atomic E-state index is 0.0621. The summed E-state index contributed by atoms with van der Waals surface area (Å²) < 4.78 is 0. The highest BCUT2D eigenvalue weighted by atomic mass is 16.1. The van der Waals surface area contributed by atoms with Gasteiger partial charge in [-0.3, -0.25) is 0 Å². The summed E-state index contributed by atoms with van der Waals surface area (Å²) in [6.07, 6.45) is 12.8. The van der Waals surface area contributed by atoms with E-state index in [1.54, 1.807) is 5.57 Å². The second-order valence-electron chi connectivity index (χ2n) is 8.85. The third-order valence-electron chi connectivity index (χ3n) is 7.33. The fraction of sp³-hybridized carbons (Fsp3) is 0.850. The van der Waals surface area contributed by atoms with Gasteiger partial charge in [0.05, 0.1) is 0 Å². The summed E-state index contributed by atoms with van der Waals surface area (Å²) in [4.78, 5) is 11.8. The van der Waals surface area contributed by atoms with E-state index < -0.39 is 0 Å². The van der Waals surface area contributed by atoms with Crippen LogP contribution in [0.2, 0.25) is 0 Å². The molecule has 0 N–H and O–H groups in total. The van der Waals surface area contributed by atoms with Crippen LogP contribution >= 0.6 is 0 Å². The Labute approximate surface area is 130 Å². The van der Waals surface area contributed by atoms with E-state index in [1.807, 2.05) is 0 Å². The van der Waals surface area contributed by atoms with Gasteiger partial charge in [-0.05, 0) is 67.6 Å². The summed E-state index contributed by atoms with van der Waals surface area (Å²) >= 11 is 0. The van der Waals surface area contributed by atoms with Gasteiger partial charge in [-0.1, -0.05) is 45.8 Å². The first-order valence-electron chi connectivity index (χ1n) is 9.07. The number of carbonyl (C=O) groups excluding carboxylic acids is 1. The minimum Gasteiger partial charge on any atom is -0.303 e. The molecule has 0 heterocycles. The zero-order valence-electron chi connectivity index (χ0n) is 14.3. The molecule has 3 rings (SSSR count). The number of aldehydes is 1. The van der Waals surface area contributed by atoms with E-state index in [2.05, 4.69) is 33.8 Å². The molecule has 2 fully saturated rings. The normalized spacial score (nSPS) is 46.5. The average molecular weight is 288 g/mol. The van der Waals surface area contributed by atoms with Gasteiger partial charge in [0.25, 0.3) is 0 Å². The molecule has 0 radical (unpaired) electrons. The van der Waals surface area contributed by atoms with Gasteiger partial charge < -0.3 is 4.79 Å². The Morgan fingerprint density at radius 3 is 2.62 bits per heavy atom. The Balaban J connectivity index is 1.92. The van der Waals surface area contributed by atoms with E-state index in [4.69, 9.17) is 0 Å². The molecule has 1 nitrogen and oxygen atoms in total. The highest BCUT2D eigenvalue weighted by Crippen LogP contribution is 2.62. The molecule has 0 aromatic rings. The lowest BCUT2D eigenvalue weighted by Gasteiger charge is -2.58. The molecule has 118 valence electrons. The molecule has 5 atom stereocenters. The van der Waals surface area contributed by atoms with Crippen LogP contribution < -0.4 is 0 Å². The van der Waals surface area contributed by atoms with Crippen LogP contribution in [-0.4, -0.2) is 6.29 Å². The van der Waals surface area contributed by atoms with Crippen molar-refractivity contribution in [2.75, 3.05) is 0 Å². The van der Waals surface area contributed by atoms with E-state index in [1.165, 1.54) is 44.8 Å². The molecule has 0 spiro atoms. The average Bonchev–Trinajstić information content (AvgIpc) is 2.46. The molecule has 0 aliphatic heterocycles. The Hall–Kier alpha value is -0.590. The van der Waals surface area contributed by atoms with Crippen LogP contribution in [0.3, 0.4) is 0 Å². The van der Waals surface area contributed by atoms with Gasteiger partial charge in [-0.2, -0.15) is 0 Å². The number of hydrogen-bond donors (Lipinski definition) is 0. The molecule has 0 saturated heterocycles. The molecule has 2 unspecified atom stereocenters. The number of hydrogen-bond acceptors (Lipinski definition) is 1. The summed E-state index contributed by atoms with van der Waals surface area (Å²) in [5.74, 6) is 2.92. The van der Waals surface area contributed by atoms with E-state index >= 15 is 0 Å². The number of allylic oxidation sites excluding steroid dienone is 2. The summed E-state index contributed by atoms with van der Waals surface area (Å²) in [6.45, 7) is 9.46. The minimum atomic E-state index is -0.0621. The van der Waals surface area contributed by atoms with Crippen LogP contribution in [0.25, 0.3) is 0 Å². The van der Waals surface area contributed by atoms with Crippen molar-refractivity contribution >= 4 is 6.29 Å². The molecular formula is C20H32O. The summed E-state index contributed by atoms with van der Waals surface area (Å²) in [5.41, 5.74) is 2.06. The van der Waals surface area contributed by atoms with Gasteiger partial charge in [-0.25, -0.2) is 0 Å². The topological polar surface area (TPSA) is 17.1 Å². The lowest BCUT2D eigenvalue weighted by atomic mass is 9.46. The maximum atomic E-state index is 11.8. The largest absolute Gasteiger partial charge is 0.303 e. The third-order valence-corrected chi connectivity index (χ3v) is 7.33. The zero-order valence-corrected chi connectivity index (χ0v) is 14.3. The van der Waals surface area contributed by atoms with Crippen molar-refractivity contribution in [3.8, 4) is 0 Å². The van der Waals surface area contributed by atoms with Gasteiger partial charge in [0, 0.05) is 5.41 Å². The Kier molecular flexibility index (Phi) is 3.83. The van der Waals surface area contributed by atoms with Crippen molar-refractivity contribution in [3.05, 3.63) is 11.6 Å². The Morgan fingerprint density at radius 1 is 1.19 bits per heavy atom. The van der Waals surface area contributed by atoms with Crippen molar-refractivity contribution in [2.24, 2.45) is 34.5 Å². The first kappa shape index (κ1) is 15.3. The van der Waals surface area contributed by atoms with E-state index in [9.17, 15) is 4.79 Å². The second-order valence-corrected chi connectivity index (χ2v) is 8.85. The van der Waals surface area contributed by atoms with Crippen molar-refractivity contribution in [1.82, 2.24) is 0 Å². The molecule has 0 amide bonds. The van der Waals surface area contributed by atoms with Crippen molar-refractivity contribution in [2.45, 2.75) is 72.6 Å². The van der Waals surface area contributed by atoms with Crippen LogP contribution in [0.4, 0.5) is 0 Å². The Bertz CT molecular complexity index is 449. The van der Waals surface area contributed by atoms with Crippen LogP contribution in [0.1, 0.15) is 72.6 Å². The number of rotatable bonds is 2. The van der Waals surface area contributed by atoms with Gasteiger partial charge >= 0.3 is 0 Å². The molecule has 21 heavy (non-hydrogen) atoms. The van der Waals surface area contributed by atoms with Crippen molar-refractivity contribution < 1.29 is 4.79 Å². The molecule has 0 bridgehead atoms. The van der Waals surface area contributed by atoms with Crippen LogP contribution in [-0.2, 0) is 4.79 Å². The predicted octanol–water partition coefficient (Wildman–Crippen LogP) is 5.40. The molecule has 3 aliphatic carbocycles. The lowest BCUT2D eigenvalue weighted by molar-refractivity contribution is -0.131. The molecule has 1 heteroatoms. The highest BCUT2D eigenvalue weighted by Gasteiger charge is 2.55. The van der Waals surface area contributed by atoms with Gasteiger partial charge in [0.1, 0.15) is 6.29 Å². The van der Waals surface area contributed by atoms with E-state index in [0.717, 1.165) is 24.2 Å². The Morgan fingerprint density at radius 2 is 1.95 bits per heavy atom. The molecule has 3 aliphatic rings. The highest BCUT2D eigenvalue weighted by molar-refractivity contribution is 5.60. The maximum absolute atomic E-state index is 11.8. The molecule has 2 saturated carbocycles. The molecule has 0 aromatic carbocycles. The quantitative estimate of drug-likeness (QED) is 0.491. The first-order chi connectivity index (χ1) is 9.90. The number of carbonyl (C=O) groups is 1. The summed E-state index contributed by atoms with van der Waals surface area (Å²) in [5, 5.41) is 0. The molecular weight excluding hydrogens is 256 g/mol. The monoisotopic (exact) mass is 288 g/mol. The SMILES string of the molecule is CC(C)C1C=C2CCC3[C@@](C)(C=O)CCC[C@]3(C)[C@@H]2CC1. The van der Waals surface area contributed by atoms with Crippen molar-refractivity contribution in [3.63, 3.8) is 0 Å². The smallest absolute Gasteiger partial charge is 0.126 e. The second kappa shape index (κ2) is 5.25. The lowest BCUT2D eigenvalue weighted by Crippen LogP contribution is -2.51. The fourth-order valence-electron chi connectivity index (χ4n) is 6.04. The first-order valence-corrected chi connectivity index (χ1v) is 9.07. The van der Waals surface area contributed by atoms with Crippen LogP contribution in [0.15, 0.2) is 11.6 Å². The standard InChI is InChI=1S/C20H32O/c1-14(2)15-6-8-17-16(12-15)7-9-18-19(3,13-21)10-5-11-20(17,18)4/h12-15,17-18H,5-11H2,1-4H3/t15?,17-,18?,19-,20-/m1/s1. The summed E-state index contributed by atoms with van der Waals surface area (Å²) in [7, 11) is 0. The van der Waals surface area contributed by atoms with Crippen molar-refractivity contribution in [1.29, 1.82) is 0 Å². The van der Waals surface area contributed by atoms with Gasteiger partial charge in [-0.15, -0.1) is 0 Å². The van der Waals surface area contributed by atoms with Gasteiger partial charge in [0.2, 0.25) is 0 Å². The maximum Gasteiger partial charge on any atom is 0.126 e. The predicted molar refractivity (Wildman–Crippen MR) is 88.0 cm³/mol. The van der Waals surface area contributed by atoms with E-state index in [0.29, 0.717) is 11.3 Å². The third kappa shape index (κ3) is 2.32. The van der Waals surface area contributed by atoms with Gasteiger partial charge in [0.15, 0.2) is 0 Å². The van der Waals surface area contributed by atoms with Crippen LogP contribution in [0.5, 0.6) is 0 Å².